The lowest BCUT2D eigenvalue weighted by Gasteiger charge is -2.22. The molecule has 0 aliphatic carbocycles. The molecule has 1 aliphatic rings. The molecular weight excluding hydrogens is 210 g/mol. The molecule has 0 aromatic heterocycles. The highest BCUT2D eigenvalue weighted by Gasteiger charge is 2.24. The molecule has 0 amide bonds. The van der Waals surface area contributed by atoms with E-state index in [1.54, 1.807) is 0 Å². The van der Waals surface area contributed by atoms with Crippen molar-refractivity contribution >= 4 is 11.8 Å². The Morgan fingerprint density at radius 3 is 2.47 bits per heavy atom. The van der Waals surface area contributed by atoms with Crippen molar-refractivity contribution in [2.75, 3.05) is 25.5 Å². The molecule has 1 rings (SSSR count). The lowest BCUT2D eigenvalue weighted by atomic mass is 10.2. The number of thioether (sulfide) groups is 1. The number of nitrogens with one attached hydrogen (secondary N) is 1. The fourth-order valence-corrected chi connectivity index (χ4v) is 3.01. The Labute approximate surface area is 97.3 Å². The largest absolute Gasteiger partial charge is 0.352 e. The lowest BCUT2D eigenvalue weighted by Crippen LogP contribution is -2.40. The molecule has 0 spiro atoms. The summed E-state index contributed by atoms with van der Waals surface area (Å²) < 4.78 is 11.0. The summed E-state index contributed by atoms with van der Waals surface area (Å²) in [7, 11) is 0. The van der Waals surface area contributed by atoms with Crippen LogP contribution < -0.4 is 5.32 Å². The molecule has 0 radical (unpaired) electrons. The van der Waals surface area contributed by atoms with Crippen molar-refractivity contribution in [3.63, 3.8) is 0 Å². The Hall–Kier alpha value is 0.230. The van der Waals surface area contributed by atoms with Gasteiger partial charge in [-0.2, -0.15) is 11.8 Å². The van der Waals surface area contributed by atoms with Gasteiger partial charge in [0.05, 0.1) is 0 Å². The molecular formula is C11H23NO2S. The highest BCUT2D eigenvalue weighted by molar-refractivity contribution is 8.00. The third kappa shape index (κ3) is 4.72. The maximum atomic E-state index is 5.49. The number of hydrogen-bond acceptors (Lipinski definition) is 4. The Morgan fingerprint density at radius 2 is 2.00 bits per heavy atom. The predicted octanol–water partition coefficient (Wildman–Crippen LogP) is 1.87. The van der Waals surface area contributed by atoms with Crippen LogP contribution >= 0.6 is 11.8 Å². The third-order valence-corrected chi connectivity index (χ3v) is 3.95. The molecule has 0 aromatic carbocycles. The molecule has 1 aliphatic heterocycles. The SMILES string of the molecule is CCOC(CNC1CCSC1C)OCC. The van der Waals surface area contributed by atoms with Crippen molar-refractivity contribution in [3.8, 4) is 0 Å². The monoisotopic (exact) mass is 233 g/mol. The molecule has 1 heterocycles. The van der Waals surface area contributed by atoms with E-state index in [-0.39, 0.29) is 6.29 Å². The van der Waals surface area contributed by atoms with Crippen LogP contribution in [0.15, 0.2) is 0 Å². The first-order valence-corrected chi connectivity index (χ1v) is 6.91. The molecule has 90 valence electrons. The van der Waals surface area contributed by atoms with Gasteiger partial charge in [0.1, 0.15) is 0 Å². The molecule has 2 atom stereocenters. The molecule has 15 heavy (non-hydrogen) atoms. The first kappa shape index (κ1) is 13.3. The van der Waals surface area contributed by atoms with Crippen molar-refractivity contribution in [1.29, 1.82) is 0 Å². The lowest BCUT2D eigenvalue weighted by molar-refractivity contribution is -0.133. The summed E-state index contributed by atoms with van der Waals surface area (Å²) >= 11 is 2.04. The second kappa shape index (κ2) is 7.49. The van der Waals surface area contributed by atoms with E-state index in [0.717, 1.165) is 6.54 Å². The van der Waals surface area contributed by atoms with E-state index in [4.69, 9.17) is 9.47 Å². The van der Waals surface area contributed by atoms with Crippen LogP contribution in [-0.2, 0) is 9.47 Å². The van der Waals surface area contributed by atoms with Gasteiger partial charge in [-0.1, -0.05) is 6.92 Å². The van der Waals surface area contributed by atoms with Crippen LogP contribution in [0.1, 0.15) is 27.2 Å². The summed E-state index contributed by atoms with van der Waals surface area (Å²) in [5.74, 6) is 1.27. The van der Waals surface area contributed by atoms with E-state index in [0.29, 0.717) is 24.5 Å². The van der Waals surface area contributed by atoms with E-state index in [1.165, 1.54) is 12.2 Å². The molecule has 4 heteroatoms. The van der Waals surface area contributed by atoms with Gasteiger partial charge in [0, 0.05) is 31.1 Å². The average Bonchev–Trinajstić information content (AvgIpc) is 2.61. The average molecular weight is 233 g/mol. The molecule has 1 saturated heterocycles. The van der Waals surface area contributed by atoms with Gasteiger partial charge >= 0.3 is 0 Å². The fraction of sp³-hybridized carbons (Fsp3) is 1.00. The summed E-state index contributed by atoms with van der Waals surface area (Å²) in [5, 5.41) is 4.25. The van der Waals surface area contributed by atoms with Gasteiger partial charge < -0.3 is 14.8 Å². The second-order valence-corrected chi connectivity index (χ2v) is 5.20. The Bertz CT molecular complexity index is 163. The van der Waals surface area contributed by atoms with Gasteiger partial charge in [-0.25, -0.2) is 0 Å². The van der Waals surface area contributed by atoms with Crippen molar-refractivity contribution in [3.05, 3.63) is 0 Å². The molecule has 1 fully saturated rings. The van der Waals surface area contributed by atoms with Crippen molar-refractivity contribution in [2.24, 2.45) is 0 Å². The molecule has 1 N–H and O–H groups in total. The molecule has 0 bridgehead atoms. The van der Waals surface area contributed by atoms with Crippen LogP contribution in [0.4, 0.5) is 0 Å². The summed E-state index contributed by atoms with van der Waals surface area (Å²) in [6.07, 6.45) is 1.18. The van der Waals surface area contributed by atoms with Crippen LogP contribution in [0.2, 0.25) is 0 Å². The standard InChI is InChI=1S/C11H23NO2S/c1-4-13-11(14-5-2)8-12-10-6-7-15-9(10)3/h9-12H,4-8H2,1-3H3. The van der Waals surface area contributed by atoms with Crippen molar-refractivity contribution in [1.82, 2.24) is 5.32 Å². The number of hydrogen-bond donors (Lipinski definition) is 1. The summed E-state index contributed by atoms with van der Waals surface area (Å²) in [6, 6.07) is 0.624. The van der Waals surface area contributed by atoms with Crippen LogP contribution in [-0.4, -0.2) is 43.1 Å². The van der Waals surface area contributed by atoms with Gasteiger partial charge in [0.15, 0.2) is 6.29 Å². The molecule has 0 saturated carbocycles. The van der Waals surface area contributed by atoms with Crippen LogP contribution in [0.3, 0.4) is 0 Å². The van der Waals surface area contributed by atoms with Gasteiger partial charge in [0.25, 0.3) is 0 Å². The van der Waals surface area contributed by atoms with Crippen molar-refractivity contribution in [2.45, 2.75) is 44.8 Å². The highest BCUT2D eigenvalue weighted by atomic mass is 32.2. The Balaban J connectivity index is 2.19. The predicted molar refractivity (Wildman–Crippen MR) is 65.4 cm³/mol. The van der Waals surface area contributed by atoms with E-state index < -0.39 is 0 Å². The van der Waals surface area contributed by atoms with E-state index >= 15 is 0 Å². The summed E-state index contributed by atoms with van der Waals surface area (Å²) in [6.45, 7) is 8.51. The fourth-order valence-electron chi connectivity index (χ4n) is 1.79. The van der Waals surface area contributed by atoms with E-state index in [1.807, 2.05) is 25.6 Å². The zero-order chi connectivity index (χ0) is 11.1. The zero-order valence-corrected chi connectivity index (χ0v) is 10.8. The van der Waals surface area contributed by atoms with Gasteiger partial charge in [-0.15, -0.1) is 0 Å². The quantitative estimate of drug-likeness (QED) is 0.680. The van der Waals surface area contributed by atoms with Crippen LogP contribution in [0, 0.1) is 0 Å². The molecule has 2 unspecified atom stereocenters. The summed E-state index contributed by atoms with van der Waals surface area (Å²) in [4.78, 5) is 0. The smallest absolute Gasteiger partial charge is 0.169 e. The van der Waals surface area contributed by atoms with Crippen LogP contribution in [0.25, 0.3) is 0 Å². The normalized spacial score (nSPS) is 26.4. The minimum absolute atomic E-state index is 0.0854. The zero-order valence-electron chi connectivity index (χ0n) is 9.99. The van der Waals surface area contributed by atoms with Crippen LogP contribution in [0.5, 0.6) is 0 Å². The molecule has 0 aromatic rings. The van der Waals surface area contributed by atoms with Gasteiger partial charge in [-0.05, 0) is 26.0 Å². The van der Waals surface area contributed by atoms with Crippen molar-refractivity contribution < 1.29 is 9.47 Å². The first-order valence-electron chi connectivity index (χ1n) is 5.86. The van der Waals surface area contributed by atoms with E-state index in [2.05, 4.69) is 12.2 Å². The highest BCUT2D eigenvalue weighted by Crippen LogP contribution is 2.25. The van der Waals surface area contributed by atoms with Gasteiger partial charge in [0.2, 0.25) is 0 Å². The number of rotatable bonds is 7. The Kier molecular flexibility index (Phi) is 6.64. The maximum absolute atomic E-state index is 5.49. The number of ether oxygens (including phenoxy) is 2. The first-order chi connectivity index (χ1) is 7.27. The van der Waals surface area contributed by atoms with E-state index in [9.17, 15) is 0 Å². The minimum Gasteiger partial charge on any atom is -0.352 e. The Morgan fingerprint density at radius 1 is 1.33 bits per heavy atom. The maximum Gasteiger partial charge on any atom is 0.169 e. The third-order valence-electron chi connectivity index (χ3n) is 2.63. The molecule has 3 nitrogen and oxygen atoms in total. The minimum atomic E-state index is -0.0854. The second-order valence-electron chi connectivity index (χ2n) is 3.72. The topological polar surface area (TPSA) is 30.5 Å². The summed E-state index contributed by atoms with van der Waals surface area (Å²) in [5.41, 5.74) is 0. The van der Waals surface area contributed by atoms with Gasteiger partial charge in [-0.3, -0.25) is 0 Å².